The smallest absolute Gasteiger partial charge is 0.142 e. The van der Waals surface area contributed by atoms with Gasteiger partial charge < -0.3 is 10.5 Å². The summed E-state index contributed by atoms with van der Waals surface area (Å²) in [4.78, 5) is 0. The standard InChI is InChI=1S/C14H23NO/c1-5-8-16-13-7-6-11(9-12(13)15)10-14(2,3)4/h6-7,9H,5,8,10,15H2,1-4H3. The molecule has 0 aliphatic heterocycles. The number of anilines is 1. The van der Waals surface area contributed by atoms with Crippen LogP contribution < -0.4 is 10.5 Å². The Hall–Kier alpha value is -1.18. The van der Waals surface area contributed by atoms with E-state index < -0.39 is 0 Å². The molecule has 0 aliphatic carbocycles. The van der Waals surface area contributed by atoms with Crippen molar-refractivity contribution in [3.05, 3.63) is 23.8 Å². The molecule has 0 radical (unpaired) electrons. The molecule has 0 heterocycles. The first-order chi connectivity index (χ1) is 7.42. The molecule has 90 valence electrons. The molecule has 0 aliphatic rings. The molecule has 0 fully saturated rings. The third-order valence-corrected chi connectivity index (χ3v) is 2.27. The molecule has 0 unspecified atom stereocenters. The third kappa shape index (κ3) is 4.13. The van der Waals surface area contributed by atoms with Crippen molar-refractivity contribution in [2.24, 2.45) is 5.41 Å². The Labute approximate surface area is 98.8 Å². The average Bonchev–Trinajstić information content (AvgIpc) is 2.14. The first-order valence-electron chi connectivity index (χ1n) is 5.93. The summed E-state index contributed by atoms with van der Waals surface area (Å²) in [6, 6.07) is 6.11. The summed E-state index contributed by atoms with van der Waals surface area (Å²) in [5.74, 6) is 0.805. The van der Waals surface area contributed by atoms with E-state index in [0.717, 1.165) is 30.9 Å². The fraction of sp³-hybridized carbons (Fsp3) is 0.571. The molecule has 0 aromatic heterocycles. The van der Waals surface area contributed by atoms with E-state index in [1.54, 1.807) is 0 Å². The summed E-state index contributed by atoms with van der Waals surface area (Å²) in [5, 5.41) is 0. The number of nitrogens with two attached hydrogens (primary N) is 1. The van der Waals surface area contributed by atoms with Gasteiger partial charge >= 0.3 is 0 Å². The molecule has 0 amide bonds. The van der Waals surface area contributed by atoms with Crippen molar-refractivity contribution in [3.8, 4) is 5.75 Å². The van der Waals surface area contributed by atoms with E-state index in [-0.39, 0.29) is 5.41 Å². The lowest BCUT2D eigenvalue weighted by Gasteiger charge is -2.19. The maximum absolute atomic E-state index is 5.96. The molecule has 0 saturated heterocycles. The van der Waals surface area contributed by atoms with Gasteiger partial charge in [-0.1, -0.05) is 33.8 Å². The van der Waals surface area contributed by atoms with Gasteiger partial charge in [0.25, 0.3) is 0 Å². The van der Waals surface area contributed by atoms with Gasteiger partial charge in [0.2, 0.25) is 0 Å². The van der Waals surface area contributed by atoms with Crippen LogP contribution in [0.4, 0.5) is 5.69 Å². The van der Waals surface area contributed by atoms with Gasteiger partial charge in [-0.25, -0.2) is 0 Å². The highest BCUT2D eigenvalue weighted by atomic mass is 16.5. The summed E-state index contributed by atoms with van der Waals surface area (Å²) < 4.78 is 5.55. The van der Waals surface area contributed by atoms with Crippen molar-refractivity contribution in [2.45, 2.75) is 40.5 Å². The molecule has 2 nitrogen and oxygen atoms in total. The Bertz CT molecular complexity index is 339. The third-order valence-electron chi connectivity index (χ3n) is 2.27. The maximum atomic E-state index is 5.96. The number of benzene rings is 1. The van der Waals surface area contributed by atoms with Crippen LogP contribution in [0, 0.1) is 5.41 Å². The first-order valence-corrected chi connectivity index (χ1v) is 5.93. The van der Waals surface area contributed by atoms with Gasteiger partial charge in [0.1, 0.15) is 5.75 Å². The lowest BCUT2D eigenvalue weighted by Crippen LogP contribution is -2.09. The molecule has 1 rings (SSSR count). The number of nitrogen functional groups attached to an aromatic ring is 1. The molecular formula is C14H23NO. The van der Waals surface area contributed by atoms with Crippen molar-refractivity contribution in [1.29, 1.82) is 0 Å². The van der Waals surface area contributed by atoms with E-state index in [2.05, 4.69) is 33.8 Å². The molecular weight excluding hydrogens is 198 g/mol. The fourth-order valence-electron chi connectivity index (χ4n) is 1.66. The number of hydrogen-bond acceptors (Lipinski definition) is 2. The Balaban J connectivity index is 2.74. The SMILES string of the molecule is CCCOc1ccc(CC(C)(C)C)cc1N. The van der Waals surface area contributed by atoms with Crippen molar-refractivity contribution in [3.63, 3.8) is 0 Å². The minimum atomic E-state index is 0.290. The Kier molecular flexibility index (Phi) is 4.22. The average molecular weight is 221 g/mol. The molecule has 0 atom stereocenters. The van der Waals surface area contributed by atoms with Crippen LogP contribution in [-0.2, 0) is 6.42 Å². The second-order valence-electron chi connectivity index (χ2n) is 5.46. The highest BCUT2D eigenvalue weighted by Crippen LogP contribution is 2.27. The van der Waals surface area contributed by atoms with Crippen molar-refractivity contribution < 1.29 is 4.74 Å². The maximum Gasteiger partial charge on any atom is 0.142 e. The van der Waals surface area contributed by atoms with Gasteiger partial charge in [0.15, 0.2) is 0 Å². The van der Waals surface area contributed by atoms with E-state index in [0.29, 0.717) is 0 Å². The van der Waals surface area contributed by atoms with Gasteiger partial charge in [-0.05, 0) is 36.0 Å². The van der Waals surface area contributed by atoms with Gasteiger partial charge in [-0.2, -0.15) is 0 Å². The van der Waals surface area contributed by atoms with Crippen molar-refractivity contribution in [1.82, 2.24) is 0 Å². The van der Waals surface area contributed by atoms with E-state index in [4.69, 9.17) is 10.5 Å². The minimum Gasteiger partial charge on any atom is -0.491 e. The van der Waals surface area contributed by atoms with E-state index in [9.17, 15) is 0 Å². The highest BCUT2D eigenvalue weighted by molar-refractivity contribution is 5.54. The van der Waals surface area contributed by atoms with Gasteiger partial charge in [0.05, 0.1) is 12.3 Å². The zero-order chi connectivity index (χ0) is 12.2. The first kappa shape index (κ1) is 12.9. The second kappa shape index (κ2) is 5.24. The zero-order valence-corrected chi connectivity index (χ0v) is 10.8. The van der Waals surface area contributed by atoms with Crippen LogP contribution in [0.25, 0.3) is 0 Å². The Morgan fingerprint density at radius 3 is 2.44 bits per heavy atom. The number of rotatable bonds is 4. The highest BCUT2D eigenvalue weighted by Gasteiger charge is 2.12. The molecule has 0 saturated carbocycles. The normalized spacial score (nSPS) is 11.5. The number of ether oxygens (including phenoxy) is 1. The molecule has 2 heteroatoms. The quantitative estimate of drug-likeness (QED) is 0.788. The van der Waals surface area contributed by atoms with Crippen LogP contribution in [0.15, 0.2) is 18.2 Å². The molecule has 0 spiro atoms. The summed E-state index contributed by atoms with van der Waals surface area (Å²) in [7, 11) is 0. The van der Waals surface area contributed by atoms with Gasteiger partial charge in [0, 0.05) is 0 Å². The summed E-state index contributed by atoms with van der Waals surface area (Å²) >= 11 is 0. The van der Waals surface area contributed by atoms with Crippen molar-refractivity contribution >= 4 is 5.69 Å². The molecule has 2 N–H and O–H groups in total. The fourth-order valence-corrected chi connectivity index (χ4v) is 1.66. The second-order valence-corrected chi connectivity index (χ2v) is 5.46. The Morgan fingerprint density at radius 2 is 1.94 bits per heavy atom. The zero-order valence-electron chi connectivity index (χ0n) is 10.8. The molecule has 1 aromatic rings. The molecule has 16 heavy (non-hydrogen) atoms. The van der Waals surface area contributed by atoms with Crippen LogP contribution in [0.1, 0.15) is 39.7 Å². The summed E-state index contributed by atoms with van der Waals surface area (Å²) in [6.07, 6.45) is 2.04. The largest absolute Gasteiger partial charge is 0.491 e. The van der Waals surface area contributed by atoms with Crippen LogP contribution >= 0.6 is 0 Å². The lowest BCUT2D eigenvalue weighted by atomic mass is 9.88. The topological polar surface area (TPSA) is 35.2 Å². The molecule has 0 bridgehead atoms. The van der Waals surface area contributed by atoms with E-state index in [1.165, 1.54) is 5.56 Å². The predicted molar refractivity (Wildman–Crippen MR) is 69.8 cm³/mol. The van der Waals surface area contributed by atoms with Gasteiger partial charge in [-0.15, -0.1) is 0 Å². The Morgan fingerprint density at radius 1 is 1.25 bits per heavy atom. The van der Waals surface area contributed by atoms with Crippen LogP contribution in [-0.4, -0.2) is 6.61 Å². The summed E-state index contributed by atoms with van der Waals surface area (Å²) in [5.41, 5.74) is 8.26. The number of hydrogen-bond donors (Lipinski definition) is 1. The van der Waals surface area contributed by atoms with Crippen molar-refractivity contribution in [2.75, 3.05) is 12.3 Å². The molecule has 1 aromatic carbocycles. The lowest BCUT2D eigenvalue weighted by molar-refractivity contribution is 0.319. The minimum absolute atomic E-state index is 0.290. The van der Waals surface area contributed by atoms with E-state index in [1.807, 2.05) is 12.1 Å². The summed E-state index contributed by atoms with van der Waals surface area (Å²) in [6.45, 7) is 9.49. The van der Waals surface area contributed by atoms with Gasteiger partial charge in [-0.3, -0.25) is 0 Å². The van der Waals surface area contributed by atoms with Crippen LogP contribution in [0.5, 0.6) is 5.75 Å². The van der Waals surface area contributed by atoms with Crippen LogP contribution in [0.2, 0.25) is 0 Å². The van der Waals surface area contributed by atoms with Crippen LogP contribution in [0.3, 0.4) is 0 Å². The monoisotopic (exact) mass is 221 g/mol. The van der Waals surface area contributed by atoms with E-state index >= 15 is 0 Å². The predicted octanol–water partition coefficient (Wildman–Crippen LogP) is 3.65.